The van der Waals surface area contributed by atoms with Crippen molar-refractivity contribution in [2.24, 2.45) is 0 Å². The Hall–Kier alpha value is -1.03. The van der Waals surface area contributed by atoms with Crippen LogP contribution >= 0.6 is 0 Å². The van der Waals surface area contributed by atoms with Gasteiger partial charge in [-0.25, -0.2) is 0 Å². The number of rotatable bonds is 3. The lowest BCUT2D eigenvalue weighted by Gasteiger charge is -2.08. The maximum Gasteiger partial charge on any atom is 0.145 e. The van der Waals surface area contributed by atoms with Crippen molar-refractivity contribution in [2.75, 3.05) is 26.4 Å². The van der Waals surface area contributed by atoms with Gasteiger partial charge in [0.05, 0.1) is 6.54 Å². The Kier molecular flexibility index (Phi) is 2.48. The minimum atomic E-state index is 0.587. The number of nitrogens with two attached hydrogens (primary N) is 1. The zero-order valence-corrected chi connectivity index (χ0v) is 6.99. The first-order valence-electron chi connectivity index (χ1n) is 3.62. The number of anilines is 1. The summed E-state index contributed by atoms with van der Waals surface area (Å²) < 4.78 is 1.84. The second-order valence-electron chi connectivity index (χ2n) is 2.81. The van der Waals surface area contributed by atoms with Crippen LogP contribution in [0.1, 0.15) is 0 Å². The number of hydrogen-bond donors (Lipinski definition) is 1. The second-order valence-corrected chi connectivity index (χ2v) is 2.81. The topological polar surface area (TPSA) is 47.1 Å². The summed E-state index contributed by atoms with van der Waals surface area (Å²) in [7, 11) is 4.07. The Bertz CT molecular complexity index is 216. The Morgan fingerprint density at radius 3 is 2.82 bits per heavy atom. The number of nitrogens with zero attached hydrogens (tertiary/aromatic N) is 3. The van der Waals surface area contributed by atoms with Crippen molar-refractivity contribution in [1.82, 2.24) is 14.7 Å². The van der Waals surface area contributed by atoms with E-state index in [1.807, 2.05) is 25.0 Å². The van der Waals surface area contributed by atoms with Crippen LogP contribution in [0, 0.1) is 0 Å². The summed E-state index contributed by atoms with van der Waals surface area (Å²) in [5.41, 5.74) is 5.44. The zero-order valence-electron chi connectivity index (χ0n) is 6.99. The fraction of sp³-hybridized carbons (Fsp3) is 0.571. The van der Waals surface area contributed by atoms with Crippen molar-refractivity contribution in [1.29, 1.82) is 0 Å². The maximum atomic E-state index is 5.44. The standard InChI is InChI=1S/C7H14N4/c1-10(2)5-6-11-4-3-7(8)9-11/h3-4H,5-6H2,1-2H3,(H2,8,9). The molecule has 0 aromatic carbocycles. The molecule has 0 aliphatic rings. The van der Waals surface area contributed by atoms with Crippen LogP contribution < -0.4 is 5.73 Å². The van der Waals surface area contributed by atoms with Crippen molar-refractivity contribution in [3.8, 4) is 0 Å². The number of hydrogen-bond acceptors (Lipinski definition) is 3. The third kappa shape index (κ3) is 2.59. The number of aromatic nitrogens is 2. The molecule has 0 radical (unpaired) electrons. The lowest BCUT2D eigenvalue weighted by molar-refractivity contribution is 0.373. The van der Waals surface area contributed by atoms with Crippen LogP contribution in [0.2, 0.25) is 0 Å². The normalized spacial score (nSPS) is 10.8. The van der Waals surface area contributed by atoms with E-state index >= 15 is 0 Å². The Morgan fingerprint density at radius 2 is 2.36 bits per heavy atom. The predicted octanol–water partition coefficient (Wildman–Crippen LogP) is 0.0269. The van der Waals surface area contributed by atoms with Crippen LogP contribution in [-0.2, 0) is 6.54 Å². The van der Waals surface area contributed by atoms with Crippen LogP contribution in [0.25, 0.3) is 0 Å². The van der Waals surface area contributed by atoms with E-state index in [1.165, 1.54) is 0 Å². The van der Waals surface area contributed by atoms with Gasteiger partial charge in [-0.3, -0.25) is 4.68 Å². The van der Waals surface area contributed by atoms with Gasteiger partial charge >= 0.3 is 0 Å². The van der Waals surface area contributed by atoms with E-state index in [0.29, 0.717) is 5.82 Å². The third-order valence-electron chi connectivity index (χ3n) is 1.44. The van der Waals surface area contributed by atoms with Crippen molar-refractivity contribution in [2.45, 2.75) is 6.54 Å². The van der Waals surface area contributed by atoms with Gasteiger partial charge in [0.2, 0.25) is 0 Å². The predicted molar refractivity (Wildman–Crippen MR) is 45.2 cm³/mol. The van der Waals surface area contributed by atoms with Gasteiger partial charge in [-0.1, -0.05) is 0 Å². The highest BCUT2D eigenvalue weighted by Crippen LogP contribution is 1.94. The third-order valence-corrected chi connectivity index (χ3v) is 1.44. The molecular weight excluding hydrogens is 140 g/mol. The summed E-state index contributed by atoms with van der Waals surface area (Å²) in [6.07, 6.45) is 1.89. The summed E-state index contributed by atoms with van der Waals surface area (Å²) in [5, 5.41) is 4.05. The molecule has 0 amide bonds. The van der Waals surface area contributed by atoms with Crippen LogP contribution in [0.4, 0.5) is 5.82 Å². The van der Waals surface area contributed by atoms with Crippen LogP contribution in [0.3, 0.4) is 0 Å². The van der Waals surface area contributed by atoms with Gasteiger partial charge in [-0.2, -0.15) is 5.10 Å². The largest absolute Gasteiger partial charge is 0.382 e. The molecule has 1 heterocycles. The molecule has 0 aliphatic heterocycles. The molecule has 1 rings (SSSR count). The first-order valence-corrected chi connectivity index (χ1v) is 3.62. The molecular formula is C7H14N4. The average molecular weight is 154 g/mol. The quantitative estimate of drug-likeness (QED) is 0.668. The first-order chi connectivity index (χ1) is 5.18. The van der Waals surface area contributed by atoms with E-state index in [0.717, 1.165) is 13.1 Å². The maximum absolute atomic E-state index is 5.44. The molecule has 1 aromatic rings. The molecule has 4 heteroatoms. The number of nitrogen functional groups attached to an aromatic ring is 1. The average Bonchev–Trinajstić information content (AvgIpc) is 2.31. The summed E-state index contributed by atoms with van der Waals surface area (Å²) in [4.78, 5) is 2.11. The van der Waals surface area contributed by atoms with Crippen LogP contribution in [-0.4, -0.2) is 35.3 Å². The SMILES string of the molecule is CN(C)CCn1ccc(N)n1. The van der Waals surface area contributed by atoms with Gasteiger partial charge < -0.3 is 10.6 Å². The van der Waals surface area contributed by atoms with Crippen molar-refractivity contribution >= 4 is 5.82 Å². The monoisotopic (exact) mass is 154 g/mol. The fourth-order valence-electron chi connectivity index (χ4n) is 0.804. The van der Waals surface area contributed by atoms with E-state index in [-0.39, 0.29) is 0 Å². The lowest BCUT2D eigenvalue weighted by atomic mass is 10.6. The molecule has 0 unspecified atom stereocenters. The highest BCUT2D eigenvalue weighted by atomic mass is 15.3. The van der Waals surface area contributed by atoms with E-state index in [9.17, 15) is 0 Å². The van der Waals surface area contributed by atoms with Gasteiger partial charge in [0.1, 0.15) is 5.82 Å². The highest BCUT2D eigenvalue weighted by Gasteiger charge is 1.94. The molecule has 0 bridgehead atoms. The molecule has 62 valence electrons. The fourth-order valence-corrected chi connectivity index (χ4v) is 0.804. The molecule has 0 saturated heterocycles. The molecule has 11 heavy (non-hydrogen) atoms. The van der Waals surface area contributed by atoms with Crippen molar-refractivity contribution in [3.05, 3.63) is 12.3 Å². The van der Waals surface area contributed by atoms with Crippen molar-refractivity contribution in [3.63, 3.8) is 0 Å². The van der Waals surface area contributed by atoms with Crippen LogP contribution in [0.15, 0.2) is 12.3 Å². The minimum Gasteiger partial charge on any atom is -0.382 e. The van der Waals surface area contributed by atoms with Gasteiger partial charge in [-0.05, 0) is 20.2 Å². The number of likely N-dealkylation sites (N-methyl/N-ethyl adjacent to an activating group) is 1. The van der Waals surface area contributed by atoms with Crippen LogP contribution in [0.5, 0.6) is 0 Å². The Balaban J connectivity index is 2.39. The Morgan fingerprint density at radius 1 is 1.64 bits per heavy atom. The van der Waals surface area contributed by atoms with E-state index in [4.69, 9.17) is 5.73 Å². The summed E-state index contributed by atoms with van der Waals surface area (Å²) in [5.74, 6) is 0.587. The molecule has 4 nitrogen and oxygen atoms in total. The first kappa shape index (κ1) is 8.07. The molecule has 1 aromatic heterocycles. The Labute approximate surface area is 66.6 Å². The van der Waals surface area contributed by atoms with E-state index in [1.54, 1.807) is 6.07 Å². The molecule has 0 atom stereocenters. The molecule has 0 spiro atoms. The summed E-state index contributed by atoms with van der Waals surface area (Å²) >= 11 is 0. The smallest absolute Gasteiger partial charge is 0.145 e. The van der Waals surface area contributed by atoms with Crippen molar-refractivity contribution < 1.29 is 0 Å². The van der Waals surface area contributed by atoms with Gasteiger partial charge in [0.25, 0.3) is 0 Å². The minimum absolute atomic E-state index is 0.587. The summed E-state index contributed by atoms with van der Waals surface area (Å²) in [6.45, 7) is 1.88. The molecule has 2 N–H and O–H groups in total. The van der Waals surface area contributed by atoms with Gasteiger partial charge in [0, 0.05) is 12.7 Å². The van der Waals surface area contributed by atoms with E-state index in [2.05, 4.69) is 10.00 Å². The highest BCUT2D eigenvalue weighted by molar-refractivity contribution is 5.23. The van der Waals surface area contributed by atoms with Gasteiger partial charge in [0.15, 0.2) is 0 Å². The molecule has 0 fully saturated rings. The molecule has 0 saturated carbocycles. The summed E-state index contributed by atoms with van der Waals surface area (Å²) in [6, 6.07) is 1.80. The molecule has 0 aliphatic carbocycles. The van der Waals surface area contributed by atoms with E-state index < -0.39 is 0 Å². The lowest BCUT2D eigenvalue weighted by Crippen LogP contribution is -2.18. The zero-order chi connectivity index (χ0) is 8.27. The second kappa shape index (κ2) is 3.39. The van der Waals surface area contributed by atoms with Gasteiger partial charge in [-0.15, -0.1) is 0 Å².